The van der Waals surface area contributed by atoms with Crippen LogP contribution in [0.1, 0.15) is 18.4 Å². The summed E-state index contributed by atoms with van der Waals surface area (Å²) < 4.78 is 27.1. The zero-order valence-corrected chi connectivity index (χ0v) is 12.5. The Morgan fingerprint density at radius 3 is 2.48 bits per heavy atom. The number of carbonyl (C=O) groups is 1. The van der Waals surface area contributed by atoms with Gasteiger partial charge in [-0.3, -0.25) is 4.79 Å². The van der Waals surface area contributed by atoms with Crippen LogP contribution in [-0.2, 0) is 14.8 Å². The molecule has 6 heteroatoms. The Hall–Kier alpha value is -1.92. The summed E-state index contributed by atoms with van der Waals surface area (Å²) in [6.07, 6.45) is 0.204. The Labute approximate surface area is 123 Å². The zero-order valence-electron chi connectivity index (χ0n) is 11.7. The average molecular weight is 307 g/mol. The van der Waals surface area contributed by atoms with Crippen molar-refractivity contribution in [2.24, 2.45) is 0 Å². The van der Waals surface area contributed by atoms with Crippen LogP contribution in [0.2, 0.25) is 0 Å². The Kier molecular flexibility index (Phi) is 4.59. The van der Waals surface area contributed by atoms with Crippen molar-refractivity contribution in [3.8, 4) is 0 Å². The molecule has 21 heavy (non-hydrogen) atoms. The molecule has 0 saturated carbocycles. The van der Waals surface area contributed by atoms with Crippen LogP contribution in [-0.4, -0.2) is 26.0 Å². The summed E-state index contributed by atoms with van der Waals surface area (Å²) in [6, 6.07) is 10.7. The highest BCUT2D eigenvalue weighted by atomic mass is 32.2. The predicted octanol–water partition coefficient (Wildman–Crippen LogP) is 2.29. The van der Waals surface area contributed by atoms with E-state index in [2.05, 4.69) is 4.72 Å². The van der Waals surface area contributed by atoms with Crippen LogP contribution < -0.4 is 4.72 Å². The molecule has 0 amide bonds. The lowest BCUT2D eigenvalue weighted by molar-refractivity contribution is -0.137. The molecule has 112 valence electrons. The molecule has 0 spiro atoms. The first-order valence-electron chi connectivity index (χ1n) is 6.61. The van der Waals surface area contributed by atoms with Gasteiger partial charge in [-0.05, 0) is 30.4 Å². The highest BCUT2D eigenvalue weighted by molar-refractivity contribution is 7.89. The summed E-state index contributed by atoms with van der Waals surface area (Å²) in [5.41, 5.74) is 1.01. The summed E-state index contributed by atoms with van der Waals surface area (Å²) in [5, 5.41) is 10.1. The minimum Gasteiger partial charge on any atom is -0.481 e. The molecule has 0 bridgehead atoms. The van der Waals surface area contributed by atoms with Gasteiger partial charge in [-0.1, -0.05) is 30.3 Å². The van der Waals surface area contributed by atoms with Crippen LogP contribution in [0.4, 0.5) is 0 Å². The van der Waals surface area contributed by atoms with E-state index in [1.54, 1.807) is 24.3 Å². The van der Waals surface area contributed by atoms with Gasteiger partial charge in [-0.2, -0.15) is 0 Å². The van der Waals surface area contributed by atoms with Crippen molar-refractivity contribution >= 4 is 26.8 Å². The number of hydrogen-bond acceptors (Lipinski definition) is 3. The van der Waals surface area contributed by atoms with Gasteiger partial charge in [-0.15, -0.1) is 0 Å². The van der Waals surface area contributed by atoms with Crippen molar-refractivity contribution < 1.29 is 18.3 Å². The van der Waals surface area contributed by atoms with Gasteiger partial charge in [0.15, 0.2) is 0 Å². The molecule has 0 radical (unpaired) electrons. The number of fused-ring (bicyclic) bond motifs is 1. The van der Waals surface area contributed by atoms with Crippen molar-refractivity contribution in [2.45, 2.75) is 24.7 Å². The van der Waals surface area contributed by atoms with Crippen molar-refractivity contribution in [1.29, 1.82) is 0 Å². The SMILES string of the molecule is Cc1ccc(S(=O)(=O)NCCCC(=O)O)c2ccccc12. The number of aryl methyl sites for hydroxylation is 1. The van der Waals surface area contributed by atoms with E-state index in [1.807, 2.05) is 19.1 Å². The highest BCUT2D eigenvalue weighted by Crippen LogP contribution is 2.25. The average Bonchev–Trinajstić information content (AvgIpc) is 2.44. The van der Waals surface area contributed by atoms with E-state index in [1.165, 1.54) is 0 Å². The maximum absolute atomic E-state index is 12.3. The summed E-state index contributed by atoms with van der Waals surface area (Å²) in [6.45, 7) is 2.04. The van der Waals surface area contributed by atoms with Gasteiger partial charge in [0.2, 0.25) is 10.0 Å². The zero-order chi connectivity index (χ0) is 15.5. The van der Waals surface area contributed by atoms with Gasteiger partial charge in [-0.25, -0.2) is 13.1 Å². The first-order valence-corrected chi connectivity index (χ1v) is 8.10. The lowest BCUT2D eigenvalue weighted by Gasteiger charge is -2.10. The standard InChI is InChI=1S/C15H17NO4S/c1-11-8-9-14(13-6-3-2-5-12(11)13)21(19,20)16-10-4-7-15(17)18/h2-3,5-6,8-9,16H,4,7,10H2,1H3,(H,17,18). The summed E-state index contributed by atoms with van der Waals surface area (Å²) in [5.74, 6) is -0.935. The molecule has 0 fully saturated rings. The molecule has 2 aromatic rings. The van der Waals surface area contributed by atoms with E-state index in [9.17, 15) is 13.2 Å². The van der Waals surface area contributed by atoms with Gasteiger partial charge in [0.25, 0.3) is 0 Å². The molecule has 2 N–H and O–H groups in total. The van der Waals surface area contributed by atoms with Gasteiger partial charge in [0, 0.05) is 18.4 Å². The van der Waals surface area contributed by atoms with Crippen molar-refractivity contribution in [2.75, 3.05) is 6.54 Å². The van der Waals surface area contributed by atoms with E-state index in [-0.39, 0.29) is 24.3 Å². The van der Waals surface area contributed by atoms with Crippen LogP contribution in [0.15, 0.2) is 41.3 Å². The third kappa shape index (κ3) is 3.59. The van der Waals surface area contributed by atoms with Gasteiger partial charge in [0.1, 0.15) is 0 Å². The fourth-order valence-corrected chi connectivity index (χ4v) is 3.46. The molecule has 0 saturated heterocycles. The molecule has 0 heterocycles. The lowest BCUT2D eigenvalue weighted by Crippen LogP contribution is -2.25. The van der Waals surface area contributed by atoms with Gasteiger partial charge >= 0.3 is 5.97 Å². The molecule has 2 rings (SSSR count). The van der Waals surface area contributed by atoms with Gasteiger partial charge < -0.3 is 5.11 Å². The topological polar surface area (TPSA) is 83.5 Å². The van der Waals surface area contributed by atoms with Crippen LogP contribution in [0.5, 0.6) is 0 Å². The molecular weight excluding hydrogens is 290 g/mol. The second-order valence-electron chi connectivity index (χ2n) is 4.82. The number of nitrogens with one attached hydrogen (secondary N) is 1. The number of sulfonamides is 1. The second-order valence-corrected chi connectivity index (χ2v) is 6.56. The minimum absolute atomic E-state index is 0.0584. The summed E-state index contributed by atoms with van der Waals surface area (Å²) in [7, 11) is -3.64. The quantitative estimate of drug-likeness (QED) is 0.802. The fourth-order valence-electron chi connectivity index (χ4n) is 2.18. The van der Waals surface area contributed by atoms with E-state index < -0.39 is 16.0 Å². The Bertz CT molecular complexity index is 768. The molecule has 0 atom stereocenters. The summed E-state index contributed by atoms with van der Waals surface area (Å²) in [4.78, 5) is 10.7. The number of hydrogen-bond donors (Lipinski definition) is 2. The van der Waals surface area contributed by atoms with Crippen molar-refractivity contribution in [1.82, 2.24) is 4.72 Å². The Morgan fingerprint density at radius 2 is 1.81 bits per heavy atom. The first-order chi connectivity index (χ1) is 9.92. The maximum Gasteiger partial charge on any atom is 0.303 e. The predicted molar refractivity (Wildman–Crippen MR) is 80.7 cm³/mol. The Morgan fingerprint density at radius 1 is 1.14 bits per heavy atom. The number of carboxylic acids is 1. The first kappa shape index (κ1) is 15.5. The number of carboxylic acid groups (broad SMARTS) is 1. The number of rotatable bonds is 6. The lowest BCUT2D eigenvalue weighted by atomic mass is 10.1. The van der Waals surface area contributed by atoms with Crippen LogP contribution in [0.3, 0.4) is 0 Å². The van der Waals surface area contributed by atoms with Crippen LogP contribution >= 0.6 is 0 Å². The highest BCUT2D eigenvalue weighted by Gasteiger charge is 2.17. The molecule has 0 unspecified atom stereocenters. The third-order valence-corrected chi connectivity index (χ3v) is 4.77. The van der Waals surface area contributed by atoms with E-state index in [4.69, 9.17) is 5.11 Å². The molecule has 2 aromatic carbocycles. The second kappa shape index (κ2) is 6.24. The molecular formula is C15H17NO4S. The largest absolute Gasteiger partial charge is 0.481 e. The smallest absolute Gasteiger partial charge is 0.303 e. The van der Waals surface area contributed by atoms with E-state index in [0.29, 0.717) is 5.39 Å². The minimum atomic E-state index is -3.64. The molecule has 0 aliphatic rings. The maximum atomic E-state index is 12.3. The van der Waals surface area contributed by atoms with Crippen molar-refractivity contribution in [3.05, 3.63) is 42.0 Å². The monoisotopic (exact) mass is 307 g/mol. The van der Waals surface area contributed by atoms with Gasteiger partial charge in [0.05, 0.1) is 4.90 Å². The van der Waals surface area contributed by atoms with Crippen LogP contribution in [0, 0.1) is 6.92 Å². The van der Waals surface area contributed by atoms with Crippen molar-refractivity contribution in [3.63, 3.8) is 0 Å². The number of benzene rings is 2. The summed E-state index contributed by atoms with van der Waals surface area (Å²) >= 11 is 0. The van der Waals surface area contributed by atoms with E-state index in [0.717, 1.165) is 10.9 Å². The molecule has 0 aliphatic carbocycles. The third-order valence-electron chi connectivity index (χ3n) is 3.25. The Balaban J connectivity index is 2.28. The molecule has 5 nitrogen and oxygen atoms in total. The number of aliphatic carboxylic acids is 1. The fraction of sp³-hybridized carbons (Fsp3) is 0.267. The van der Waals surface area contributed by atoms with Crippen LogP contribution in [0.25, 0.3) is 10.8 Å². The molecule has 0 aromatic heterocycles. The molecule has 0 aliphatic heterocycles. The normalized spacial score (nSPS) is 11.7. The van der Waals surface area contributed by atoms with E-state index >= 15 is 0 Å².